The lowest BCUT2D eigenvalue weighted by Gasteiger charge is -2.12. The van der Waals surface area contributed by atoms with Gasteiger partial charge in [0.15, 0.2) is 11.5 Å². The molecular weight excluding hydrogens is 246 g/mol. The summed E-state index contributed by atoms with van der Waals surface area (Å²) < 4.78 is 1.55. The van der Waals surface area contributed by atoms with Crippen molar-refractivity contribution in [3.05, 3.63) is 30.1 Å². The molecule has 0 aliphatic carbocycles. The maximum absolute atomic E-state index is 11.4. The summed E-state index contributed by atoms with van der Waals surface area (Å²) in [6.07, 6.45) is 3.10. The third-order valence-electron chi connectivity index (χ3n) is 2.91. The molecule has 2 heterocycles. The molecular formula is C13H17N3O3. The summed E-state index contributed by atoms with van der Waals surface area (Å²) in [6.45, 7) is 2.06. The number of nitrogens with zero attached hydrogens (tertiary/aromatic N) is 2. The molecule has 3 N–H and O–H groups in total. The summed E-state index contributed by atoms with van der Waals surface area (Å²) in [4.78, 5) is 15.6. The van der Waals surface area contributed by atoms with Crippen LogP contribution in [0.3, 0.4) is 0 Å². The lowest BCUT2D eigenvalue weighted by atomic mass is 10.2. The van der Waals surface area contributed by atoms with Crippen LogP contribution >= 0.6 is 0 Å². The fraction of sp³-hybridized carbons (Fsp3) is 0.385. The van der Waals surface area contributed by atoms with Gasteiger partial charge in [-0.15, -0.1) is 0 Å². The number of fused-ring (bicyclic) bond motifs is 1. The van der Waals surface area contributed by atoms with E-state index >= 15 is 0 Å². The predicted molar refractivity (Wildman–Crippen MR) is 71.6 cm³/mol. The van der Waals surface area contributed by atoms with Gasteiger partial charge in [0.25, 0.3) is 0 Å². The minimum atomic E-state index is -1.02. The van der Waals surface area contributed by atoms with E-state index in [0.29, 0.717) is 17.9 Å². The smallest absolute Gasteiger partial charge is 0.356 e. The highest BCUT2D eigenvalue weighted by atomic mass is 16.4. The Labute approximate surface area is 110 Å². The molecule has 0 saturated carbocycles. The van der Waals surface area contributed by atoms with Crippen LogP contribution in [0.25, 0.3) is 5.65 Å². The molecule has 0 amide bonds. The fourth-order valence-corrected chi connectivity index (χ4v) is 2.00. The second kappa shape index (κ2) is 5.71. The van der Waals surface area contributed by atoms with Gasteiger partial charge in [-0.2, -0.15) is 0 Å². The predicted octanol–water partition coefficient (Wildman–Crippen LogP) is 1.61. The SMILES string of the molecule is CC(CCCO)Nc1nc2ccccn2c1C(=O)O. The fourth-order valence-electron chi connectivity index (χ4n) is 2.00. The molecule has 0 spiro atoms. The molecule has 0 bridgehead atoms. The summed E-state index contributed by atoms with van der Waals surface area (Å²) in [5, 5.41) is 21.2. The van der Waals surface area contributed by atoms with Gasteiger partial charge < -0.3 is 15.5 Å². The Kier molecular flexibility index (Phi) is 4.01. The van der Waals surface area contributed by atoms with Crippen LogP contribution in [0.1, 0.15) is 30.3 Å². The number of carbonyl (C=O) groups is 1. The van der Waals surface area contributed by atoms with Gasteiger partial charge in [0.1, 0.15) is 5.65 Å². The highest BCUT2D eigenvalue weighted by molar-refractivity contribution is 5.93. The standard InChI is InChI=1S/C13H17N3O3/c1-9(5-4-8-17)14-12-11(13(18)19)16-7-3-2-6-10(16)15-12/h2-3,6-7,9,14,17H,4-5,8H2,1H3,(H,18,19). The Hall–Kier alpha value is -2.08. The Balaban J connectivity index is 2.31. The van der Waals surface area contributed by atoms with Crippen molar-refractivity contribution in [1.29, 1.82) is 0 Å². The zero-order valence-electron chi connectivity index (χ0n) is 10.7. The minimum absolute atomic E-state index is 0.0511. The van der Waals surface area contributed by atoms with Gasteiger partial charge in [0, 0.05) is 18.8 Å². The monoisotopic (exact) mass is 263 g/mol. The number of aliphatic hydroxyl groups excluding tert-OH is 1. The van der Waals surface area contributed by atoms with E-state index in [1.165, 1.54) is 0 Å². The number of rotatable bonds is 6. The van der Waals surface area contributed by atoms with Gasteiger partial charge in [0.2, 0.25) is 0 Å². The molecule has 1 unspecified atom stereocenters. The van der Waals surface area contributed by atoms with Crippen molar-refractivity contribution >= 4 is 17.4 Å². The van der Waals surface area contributed by atoms with E-state index in [-0.39, 0.29) is 18.3 Å². The first-order chi connectivity index (χ1) is 9.13. The Morgan fingerprint density at radius 2 is 2.32 bits per heavy atom. The molecule has 1 atom stereocenters. The summed E-state index contributed by atoms with van der Waals surface area (Å²) in [6, 6.07) is 5.39. The second-order valence-corrected chi connectivity index (χ2v) is 4.45. The van der Waals surface area contributed by atoms with Crippen molar-refractivity contribution in [1.82, 2.24) is 9.38 Å². The van der Waals surface area contributed by atoms with Gasteiger partial charge in [0.05, 0.1) is 0 Å². The molecule has 2 aromatic rings. The lowest BCUT2D eigenvalue weighted by molar-refractivity contribution is 0.0690. The van der Waals surface area contributed by atoms with Crippen LogP contribution in [0.2, 0.25) is 0 Å². The van der Waals surface area contributed by atoms with Crippen LogP contribution in [0.4, 0.5) is 5.82 Å². The zero-order chi connectivity index (χ0) is 13.8. The number of carboxylic acid groups (broad SMARTS) is 1. The Morgan fingerprint density at radius 3 is 3.00 bits per heavy atom. The highest BCUT2D eigenvalue weighted by Crippen LogP contribution is 2.19. The van der Waals surface area contributed by atoms with E-state index in [2.05, 4.69) is 10.3 Å². The van der Waals surface area contributed by atoms with Gasteiger partial charge in [-0.25, -0.2) is 9.78 Å². The topological polar surface area (TPSA) is 86.9 Å². The summed E-state index contributed by atoms with van der Waals surface area (Å²) in [7, 11) is 0. The zero-order valence-corrected chi connectivity index (χ0v) is 10.7. The molecule has 6 nitrogen and oxygen atoms in total. The maximum atomic E-state index is 11.4. The first-order valence-electron chi connectivity index (χ1n) is 6.21. The van der Waals surface area contributed by atoms with E-state index in [1.54, 1.807) is 22.7 Å². The number of anilines is 1. The third-order valence-corrected chi connectivity index (χ3v) is 2.91. The number of carboxylic acids is 1. The van der Waals surface area contributed by atoms with Crippen molar-refractivity contribution < 1.29 is 15.0 Å². The summed E-state index contributed by atoms with van der Waals surface area (Å²) >= 11 is 0. The van der Waals surface area contributed by atoms with Gasteiger partial charge in [-0.1, -0.05) is 6.07 Å². The number of aromatic nitrogens is 2. The molecule has 0 radical (unpaired) electrons. The van der Waals surface area contributed by atoms with E-state index < -0.39 is 5.97 Å². The first-order valence-corrected chi connectivity index (χ1v) is 6.21. The van der Waals surface area contributed by atoms with Gasteiger partial charge >= 0.3 is 5.97 Å². The molecule has 0 saturated heterocycles. The normalized spacial score (nSPS) is 12.5. The largest absolute Gasteiger partial charge is 0.476 e. The first kappa shape index (κ1) is 13.4. The number of hydrogen-bond acceptors (Lipinski definition) is 4. The molecule has 0 aromatic carbocycles. The Morgan fingerprint density at radius 1 is 1.53 bits per heavy atom. The third kappa shape index (κ3) is 2.85. The number of imidazole rings is 1. The number of aromatic carboxylic acids is 1. The van der Waals surface area contributed by atoms with Crippen molar-refractivity contribution in [2.24, 2.45) is 0 Å². The summed E-state index contributed by atoms with van der Waals surface area (Å²) in [5.41, 5.74) is 0.725. The molecule has 2 aromatic heterocycles. The van der Waals surface area contributed by atoms with Crippen LogP contribution in [0.15, 0.2) is 24.4 Å². The van der Waals surface area contributed by atoms with E-state index in [1.807, 2.05) is 13.0 Å². The number of pyridine rings is 1. The maximum Gasteiger partial charge on any atom is 0.356 e. The quantitative estimate of drug-likeness (QED) is 0.737. The van der Waals surface area contributed by atoms with E-state index in [4.69, 9.17) is 5.11 Å². The van der Waals surface area contributed by atoms with Crippen molar-refractivity contribution in [3.8, 4) is 0 Å². The van der Waals surface area contributed by atoms with Gasteiger partial charge in [-0.3, -0.25) is 4.40 Å². The van der Waals surface area contributed by atoms with Crippen LogP contribution in [-0.2, 0) is 0 Å². The average Bonchev–Trinajstić information content (AvgIpc) is 2.74. The van der Waals surface area contributed by atoms with Crippen LogP contribution in [-0.4, -0.2) is 38.2 Å². The number of aliphatic hydroxyl groups is 1. The lowest BCUT2D eigenvalue weighted by Crippen LogP contribution is -2.18. The molecule has 2 rings (SSSR count). The molecule has 0 aliphatic heterocycles. The highest BCUT2D eigenvalue weighted by Gasteiger charge is 2.19. The van der Waals surface area contributed by atoms with Crippen molar-refractivity contribution in [3.63, 3.8) is 0 Å². The average molecular weight is 263 g/mol. The van der Waals surface area contributed by atoms with E-state index in [9.17, 15) is 9.90 Å². The molecule has 0 aliphatic rings. The molecule has 102 valence electrons. The van der Waals surface area contributed by atoms with Crippen LogP contribution < -0.4 is 5.32 Å². The van der Waals surface area contributed by atoms with Crippen LogP contribution in [0.5, 0.6) is 0 Å². The minimum Gasteiger partial charge on any atom is -0.476 e. The summed E-state index contributed by atoms with van der Waals surface area (Å²) in [5.74, 6) is -0.653. The Bertz CT molecular complexity index is 580. The van der Waals surface area contributed by atoms with Crippen LogP contribution in [0, 0.1) is 0 Å². The van der Waals surface area contributed by atoms with Crippen molar-refractivity contribution in [2.45, 2.75) is 25.8 Å². The molecule has 6 heteroatoms. The molecule has 19 heavy (non-hydrogen) atoms. The molecule has 0 fully saturated rings. The number of nitrogens with one attached hydrogen (secondary N) is 1. The van der Waals surface area contributed by atoms with Gasteiger partial charge in [-0.05, 0) is 31.9 Å². The van der Waals surface area contributed by atoms with Crippen molar-refractivity contribution in [2.75, 3.05) is 11.9 Å². The van der Waals surface area contributed by atoms with E-state index in [0.717, 1.165) is 6.42 Å². The number of hydrogen-bond donors (Lipinski definition) is 3. The second-order valence-electron chi connectivity index (χ2n) is 4.45.